The summed E-state index contributed by atoms with van der Waals surface area (Å²) >= 11 is 0. The van der Waals surface area contributed by atoms with Crippen molar-refractivity contribution in [1.29, 1.82) is 0 Å². The van der Waals surface area contributed by atoms with Gasteiger partial charge in [-0.2, -0.15) is 0 Å². The van der Waals surface area contributed by atoms with Gasteiger partial charge in [0.1, 0.15) is 0 Å². The highest BCUT2D eigenvalue weighted by Gasteiger charge is 2.21. The Labute approximate surface area is 89.2 Å². The molecule has 0 amide bonds. The molecule has 0 spiro atoms. The smallest absolute Gasteiger partial charge is 0.171 e. The van der Waals surface area contributed by atoms with E-state index in [4.69, 9.17) is 5.11 Å². The fourth-order valence-electron chi connectivity index (χ4n) is 2.04. The number of aromatic nitrogens is 1. The van der Waals surface area contributed by atoms with Gasteiger partial charge in [0.25, 0.3) is 0 Å². The fraction of sp³-hybridized carbons (Fsp3) is 0.545. The molecule has 1 atom stereocenters. The average Bonchev–Trinajstić information content (AvgIpc) is 2.30. The molecule has 0 bridgehead atoms. The highest BCUT2D eigenvalue weighted by Crippen LogP contribution is 2.27. The second-order valence-corrected chi connectivity index (χ2v) is 3.98. The normalized spacial score (nSPS) is 21.7. The summed E-state index contributed by atoms with van der Waals surface area (Å²) < 4.78 is 0. The van der Waals surface area contributed by atoms with Crippen LogP contribution in [0.3, 0.4) is 0 Å². The van der Waals surface area contributed by atoms with Crippen molar-refractivity contribution < 1.29 is 10.2 Å². The summed E-state index contributed by atoms with van der Waals surface area (Å²) in [6.07, 6.45) is 3.78. The quantitative estimate of drug-likeness (QED) is 0.761. The minimum Gasteiger partial charge on any atom is -0.504 e. The third-order valence-corrected chi connectivity index (χ3v) is 2.84. The third kappa shape index (κ3) is 2.21. The Morgan fingerprint density at radius 2 is 2.40 bits per heavy atom. The molecular formula is C11H16N2O2. The molecule has 1 aliphatic rings. The Kier molecular flexibility index (Phi) is 3.06. The first-order chi connectivity index (χ1) is 7.31. The number of hydrogen-bond donors (Lipinski definition) is 2. The number of piperidine rings is 1. The molecule has 4 heteroatoms. The molecule has 1 aromatic rings. The van der Waals surface area contributed by atoms with E-state index in [2.05, 4.69) is 4.98 Å². The van der Waals surface area contributed by atoms with E-state index in [0.717, 1.165) is 25.9 Å². The van der Waals surface area contributed by atoms with Crippen molar-refractivity contribution in [2.75, 3.05) is 24.6 Å². The predicted molar refractivity (Wildman–Crippen MR) is 57.9 cm³/mol. The highest BCUT2D eigenvalue weighted by molar-refractivity contribution is 5.51. The van der Waals surface area contributed by atoms with Crippen molar-refractivity contribution in [1.82, 2.24) is 4.98 Å². The molecule has 4 nitrogen and oxygen atoms in total. The second-order valence-electron chi connectivity index (χ2n) is 3.98. The van der Waals surface area contributed by atoms with Gasteiger partial charge in [-0.15, -0.1) is 0 Å². The first-order valence-electron chi connectivity index (χ1n) is 5.31. The predicted octanol–water partition coefficient (Wildman–Crippen LogP) is 0.996. The van der Waals surface area contributed by atoms with Gasteiger partial charge < -0.3 is 15.1 Å². The van der Waals surface area contributed by atoms with Gasteiger partial charge in [-0.1, -0.05) is 0 Å². The number of nitrogens with zero attached hydrogens (tertiary/aromatic N) is 2. The van der Waals surface area contributed by atoms with Crippen LogP contribution in [0.1, 0.15) is 12.8 Å². The number of anilines is 1. The molecule has 0 aliphatic carbocycles. The number of aliphatic hydroxyl groups is 1. The van der Waals surface area contributed by atoms with Crippen LogP contribution < -0.4 is 4.90 Å². The summed E-state index contributed by atoms with van der Waals surface area (Å²) in [6, 6.07) is 3.36. The summed E-state index contributed by atoms with van der Waals surface area (Å²) in [5.74, 6) is 1.16. The van der Waals surface area contributed by atoms with E-state index in [1.54, 1.807) is 18.3 Å². The third-order valence-electron chi connectivity index (χ3n) is 2.84. The van der Waals surface area contributed by atoms with Crippen LogP contribution in [0.15, 0.2) is 18.3 Å². The van der Waals surface area contributed by atoms with Crippen molar-refractivity contribution in [2.24, 2.45) is 5.92 Å². The zero-order valence-corrected chi connectivity index (χ0v) is 8.63. The van der Waals surface area contributed by atoms with Crippen LogP contribution in [-0.4, -0.2) is 34.9 Å². The van der Waals surface area contributed by atoms with Crippen LogP contribution in [0.5, 0.6) is 5.75 Å². The minimum absolute atomic E-state index is 0.212. The summed E-state index contributed by atoms with van der Waals surface area (Å²) in [7, 11) is 0. The molecule has 0 aromatic carbocycles. The standard InChI is InChI=1S/C11H16N2O2/c14-8-9-3-2-6-13(7-9)11-10(15)4-1-5-12-11/h1,4-5,9,14-15H,2-3,6-8H2/t9-/m0/s1. The van der Waals surface area contributed by atoms with Crippen molar-refractivity contribution >= 4 is 5.82 Å². The lowest BCUT2D eigenvalue weighted by Crippen LogP contribution is -2.37. The summed E-state index contributed by atoms with van der Waals surface area (Å²) in [5.41, 5.74) is 0. The van der Waals surface area contributed by atoms with E-state index in [0.29, 0.717) is 11.7 Å². The van der Waals surface area contributed by atoms with Gasteiger partial charge in [-0.3, -0.25) is 0 Å². The number of pyridine rings is 1. The molecule has 2 N–H and O–H groups in total. The van der Waals surface area contributed by atoms with Crippen LogP contribution in [0.4, 0.5) is 5.82 Å². The van der Waals surface area contributed by atoms with E-state index >= 15 is 0 Å². The van der Waals surface area contributed by atoms with Crippen molar-refractivity contribution in [3.63, 3.8) is 0 Å². The molecule has 0 saturated carbocycles. The monoisotopic (exact) mass is 208 g/mol. The zero-order valence-electron chi connectivity index (χ0n) is 8.63. The Morgan fingerprint density at radius 3 is 3.13 bits per heavy atom. The highest BCUT2D eigenvalue weighted by atomic mass is 16.3. The maximum absolute atomic E-state index is 9.66. The zero-order chi connectivity index (χ0) is 10.7. The van der Waals surface area contributed by atoms with E-state index in [-0.39, 0.29) is 12.4 Å². The first kappa shape index (κ1) is 10.2. The largest absolute Gasteiger partial charge is 0.504 e. The van der Waals surface area contributed by atoms with Gasteiger partial charge in [0, 0.05) is 25.9 Å². The van der Waals surface area contributed by atoms with Gasteiger partial charge in [-0.05, 0) is 30.9 Å². The number of rotatable bonds is 2. The van der Waals surface area contributed by atoms with Crippen LogP contribution >= 0.6 is 0 Å². The van der Waals surface area contributed by atoms with E-state index < -0.39 is 0 Å². The summed E-state index contributed by atoms with van der Waals surface area (Å²) in [4.78, 5) is 6.21. The molecule has 82 valence electrons. The Balaban J connectivity index is 2.13. The topological polar surface area (TPSA) is 56.6 Å². The van der Waals surface area contributed by atoms with Crippen molar-refractivity contribution in [2.45, 2.75) is 12.8 Å². The molecule has 1 saturated heterocycles. The molecule has 2 heterocycles. The maximum Gasteiger partial charge on any atom is 0.171 e. The lowest BCUT2D eigenvalue weighted by Gasteiger charge is -2.32. The number of aliphatic hydroxyl groups excluding tert-OH is 1. The summed E-state index contributed by atoms with van der Waals surface area (Å²) in [5, 5.41) is 18.8. The van der Waals surface area contributed by atoms with Crippen LogP contribution in [0.2, 0.25) is 0 Å². The van der Waals surface area contributed by atoms with Gasteiger partial charge in [0.15, 0.2) is 11.6 Å². The SMILES string of the molecule is OC[C@H]1CCCN(c2ncccc2O)C1. The Bertz CT molecular complexity index is 330. The van der Waals surface area contributed by atoms with E-state index in [1.165, 1.54) is 0 Å². The lowest BCUT2D eigenvalue weighted by atomic mass is 9.99. The van der Waals surface area contributed by atoms with Crippen LogP contribution in [0.25, 0.3) is 0 Å². The molecule has 1 aromatic heterocycles. The molecular weight excluding hydrogens is 192 g/mol. The average molecular weight is 208 g/mol. The number of aromatic hydroxyl groups is 1. The minimum atomic E-state index is 0.212. The van der Waals surface area contributed by atoms with Gasteiger partial charge in [-0.25, -0.2) is 4.98 Å². The molecule has 1 fully saturated rings. The van der Waals surface area contributed by atoms with Crippen LogP contribution in [-0.2, 0) is 0 Å². The Hall–Kier alpha value is -1.29. The second kappa shape index (κ2) is 4.49. The van der Waals surface area contributed by atoms with Crippen molar-refractivity contribution in [3.05, 3.63) is 18.3 Å². The molecule has 15 heavy (non-hydrogen) atoms. The van der Waals surface area contributed by atoms with Crippen molar-refractivity contribution in [3.8, 4) is 5.75 Å². The Morgan fingerprint density at radius 1 is 1.53 bits per heavy atom. The molecule has 1 aliphatic heterocycles. The van der Waals surface area contributed by atoms with Gasteiger partial charge in [0.2, 0.25) is 0 Å². The molecule has 2 rings (SSSR count). The van der Waals surface area contributed by atoms with E-state index in [1.807, 2.05) is 4.90 Å². The fourth-order valence-corrected chi connectivity index (χ4v) is 2.04. The van der Waals surface area contributed by atoms with Gasteiger partial charge >= 0.3 is 0 Å². The van der Waals surface area contributed by atoms with Gasteiger partial charge in [0.05, 0.1) is 0 Å². The lowest BCUT2D eigenvalue weighted by molar-refractivity contribution is 0.208. The first-order valence-corrected chi connectivity index (χ1v) is 5.31. The van der Waals surface area contributed by atoms with E-state index in [9.17, 15) is 5.11 Å². The maximum atomic E-state index is 9.66. The molecule has 0 radical (unpaired) electrons. The van der Waals surface area contributed by atoms with Crippen LogP contribution in [0, 0.1) is 5.92 Å². The molecule has 0 unspecified atom stereocenters. The summed E-state index contributed by atoms with van der Waals surface area (Å²) in [6.45, 7) is 1.90. The number of hydrogen-bond acceptors (Lipinski definition) is 4.